The quantitative estimate of drug-likeness (QED) is 0.658. The van der Waals surface area contributed by atoms with E-state index in [9.17, 15) is 0 Å². The summed E-state index contributed by atoms with van der Waals surface area (Å²) in [5, 5.41) is 10.1. The molecule has 0 atom stereocenters. The molecule has 0 fully saturated rings. The third kappa shape index (κ3) is 1.59. The van der Waals surface area contributed by atoms with Gasteiger partial charge in [-0.25, -0.2) is 0 Å². The van der Waals surface area contributed by atoms with Crippen LogP contribution < -0.4 is 0 Å². The summed E-state index contributed by atoms with van der Waals surface area (Å²) in [5.41, 5.74) is 3.26. The van der Waals surface area contributed by atoms with E-state index in [1.807, 2.05) is 17.8 Å². The minimum Gasteiger partial charge on any atom is -0.349 e. The molecule has 0 saturated carbocycles. The summed E-state index contributed by atoms with van der Waals surface area (Å²) in [6.45, 7) is 6.55. The zero-order chi connectivity index (χ0) is 11.9. The first kappa shape index (κ1) is 10.8. The number of hydrogen-bond acceptors (Lipinski definition) is 1. The topological polar surface area (TPSA) is 28.7 Å². The number of hydrogen-bond donors (Lipinski definition) is 0. The van der Waals surface area contributed by atoms with Crippen molar-refractivity contribution in [2.24, 2.45) is 7.05 Å². The van der Waals surface area contributed by atoms with Crippen LogP contribution in [0.2, 0.25) is 0 Å². The van der Waals surface area contributed by atoms with Gasteiger partial charge >= 0.3 is 0 Å². The molecule has 0 aliphatic rings. The van der Waals surface area contributed by atoms with Gasteiger partial charge in [-0.3, -0.25) is 0 Å². The maximum absolute atomic E-state index is 9.08. The molecule has 2 aromatic rings. The fourth-order valence-electron chi connectivity index (χ4n) is 1.95. The summed E-state index contributed by atoms with van der Waals surface area (Å²) < 4.78 is 2.00. The lowest BCUT2D eigenvalue weighted by molar-refractivity contribution is 0.591. The fourth-order valence-corrected chi connectivity index (χ4v) is 1.95. The van der Waals surface area contributed by atoms with E-state index < -0.39 is 0 Å². The predicted molar refractivity (Wildman–Crippen MR) is 66.3 cm³/mol. The number of rotatable bonds is 0. The third-order valence-electron chi connectivity index (χ3n) is 2.98. The highest BCUT2D eigenvalue weighted by atomic mass is 14.9. The fraction of sp³-hybridized carbons (Fsp3) is 0.357. The van der Waals surface area contributed by atoms with Gasteiger partial charge < -0.3 is 4.57 Å². The van der Waals surface area contributed by atoms with Crippen LogP contribution >= 0.6 is 0 Å². The number of benzene rings is 1. The highest BCUT2D eigenvalue weighted by Gasteiger charge is 2.15. The van der Waals surface area contributed by atoms with Crippen LogP contribution in [0.1, 0.15) is 31.9 Å². The highest BCUT2D eigenvalue weighted by molar-refractivity contribution is 5.87. The zero-order valence-corrected chi connectivity index (χ0v) is 10.2. The van der Waals surface area contributed by atoms with Crippen LogP contribution in [0.4, 0.5) is 0 Å². The van der Waals surface area contributed by atoms with Gasteiger partial charge in [0.05, 0.1) is 5.56 Å². The first-order valence-corrected chi connectivity index (χ1v) is 5.43. The molecule has 0 aliphatic heterocycles. The van der Waals surface area contributed by atoms with Crippen molar-refractivity contribution in [3.05, 3.63) is 35.5 Å². The minimum atomic E-state index is 0.122. The molecule has 1 aromatic heterocycles. The first-order valence-electron chi connectivity index (χ1n) is 5.43. The van der Waals surface area contributed by atoms with Gasteiger partial charge in [0, 0.05) is 24.1 Å². The van der Waals surface area contributed by atoms with E-state index in [2.05, 4.69) is 45.0 Å². The van der Waals surface area contributed by atoms with Crippen LogP contribution in [0.5, 0.6) is 0 Å². The van der Waals surface area contributed by atoms with Gasteiger partial charge in [0.2, 0.25) is 0 Å². The van der Waals surface area contributed by atoms with Crippen molar-refractivity contribution in [3.63, 3.8) is 0 Å². The summed E-state index contributed by atoms with van der Waals surface area (Å²) in [5.74, 6) is 0. The molecule has 2 rings (SSSR count). The van der Waals surface area contributed by atoms with Crippen molar-refractivity contribution < 1.29 is 0 Å². The van der Waals surface area contributed by atoms with Gasteiger partial charge in [0.15, 0.2) is 0 Å². The van der Waals surface area contributed by atoms with Crippen LogP contribution in [0.25, 0.3) is 10.9 Å². The molecule has 16 heavy (non-hydrogen) atoms. The van der Waals surface area contributed by atoms with E-state index in [1.54, 1.807) is 0 Å². The molecule has 0 bridgehead atoms. The Balaban J connectivity index is 2.76. The molecule has 0 unspecified atom stereocenters. The summed E-state index contributed by atoms with van der Waals surface area (Å²) in [4.78, 5) is 0. The van der Waals surface area contributed by atoms with Crippen molar-refractivity contribution in [1.82, 2.24) is 4.57 Å². The lowest BCUT2D eigenvalue weighted by Crippen LogP contribution is -2.10. The molecular formula is C14H16N2. The SMILES string of the molecule is Cn1cc(C#N)c2cc(C(C)(C)C)ccc21. The Labute approximate surface area is 96.1 Å². The molecule has 0 N–H and O–H groups in total. The molecule has 0 spiro atoms. The monoisotopic (exact) mass is 212 g/mol. The van der Waals surface area contributed by atoms with Crippen LogP contribution in [0.3, 0.4) is 0 Å². The maximum Gasteiger partial charge on any atom is 0.101 e. The molecule has 1 heterocycles. The summed E-state index contributed by atoms with van der Waals surface area (Å²) in [7, 11) is 1.97. The molecule has 82 valence electrons. The van der Waals surface area contributed by atoms with E-state index in [-0.39, 0.29) is 5.41 Å². The summed E-state index contributed by atoms with van der Waals surface area (Å²) in [6, 6.07) is 8.62. The maximum atomic E-state index is 9.08. The van der Waals surface area contributed by atoms with Crippen molar-refractivity contribution >= 4 is 10.9 Å². The van der Waals surface area contributed by atoms with E-state index >= 15 is 0 Å². The normalized spacial score (nSPS) is 11.7. The second-order valence-electron chi connectivity index (χ2n) is 5.25. The Morgan fingerprint density at radius 3 is 2.50 bits per heavy atom. The molecule has 0 radical (unpaired) electrons. The second kappa shape index (κ2) is 3.38. The van der Waals surface area contributed by atoms with Crippen LogP contribution in [0, 0.1) is 11.3 Å². The van der Waals surface area contributed by atoms with Gasteiger partial charge in [-0.1, -0.05) is 26.8 Å². The highest BCUT2D eigenvalue weighted by Crippen LogP contribution is 2.28. The zero-order valence-electron chi connectivity index (χ0n) is 10.2. The van der Waals surface area contributed by atoms with Crippen molar-refractivity contribution in [2.75, 3.05) is 0 Å². The van der Waals surface area contributed by atoms with E-state index in [1.165, 1.54) is 5.56 Å². The molecule has 0 saturated heterocycles. The van der Waals surface area contributed by atoms with Crippen molar-refractivity contribution in [1.29, 1.82) is 5.26 Å². The number of aryl methyl sites for hydroxylation is 1. The third-order valence-corrected chi connectivity index (χ3v) is 2.98. The predicted octanol–water partition coefficient (Wildman–Crippen LogP) is 3.35. The Morgan fingerprint density at radius 1 is 1.25 bits per heavy atom. The van der Waals surface area contributed by atoms with Gasteiger partial charge in [-0.2, -0.15) is 5.26 Å². The molecule has 0 amide bonds. The molecular weight excluding hydrogens is 196 g/mol. The van der Waals surface area contributed by atoms with Crippen molar-refractivity contribution in [2.45, 2.75) is 26.2 Å². The smallest absolute Gasteiger partial charge is 0.101 e. The summed E-state index contributed by atoms with van der Waals surface area (Å²) in [6.07, 6.45) is 1.89. The van der Waals surface area contributed by atoms with Crippen LogP contribution in [0.15, 0.2) is 24.4 Å². The van der Waals surface area contributed by atoms with Gasteiger partial charge in [0.1, 0.15) is 6.07 Å². The number of nitrogens with zero attached hydrogens (tertiary/aromatic N) is 2. The Bertz CT molecular complexity index is 577. The average molecular weight is 212 g/mol. The van der Waals surface area contributed by atoms with Gasteiger partial charge in [-0.05, 0) is 23.1 Å². The lowest BCUT2D eigenvalue weighted by atomic mass is 9.86. The van der Waals surface area contributed by atoms with Crippen molar-refractivity contribution in [3.8, 4) is 6.07 Å². The summed E-state index contributed by atoms with van der Waals surface area (Å²) >= 11 is 0. The largest absolute Gasteiger partial charge is 0.349 e. The van der Waals surface area contributed by atoms with E-state index in [4.69, 9.17) is 5.26 Å². The molecule has 2 heteroatoms. The molecule has 2 nitrogen and oxygen atoms in total. The van der Waals surface area contributed by atoms with E-state index in [0.29, 0.717) is 0 Å². The van der Waals surface area contributed by atoms with Gasteiger partial charge in [0.25, 0.3) is 0 Å². The minimum absolute atomic E-state index is 0.122. The Morgan fingerprint density at radius 2 is 1.94 bits per heavy atom. The van der Waals surface area contributed by atoms with Crippen LogP contribution in [-0.4, -0.2) is 4.57 Å². The second-order valence-corrected chi connectivity index (χ2v) is 5.25. The molecule has 0 aliphatic carbocycles. The van der Waals surface area contributed by atoms with Crippen LogP contribution in [-0.2, 0) is 12.5 Å². The lowest BCUT2D eigenvalue weighted by Gasteiger charge is -2.19. The van der Waals surface area contributed by atoms with Gasteiger partial charge in [-0.15, -0.1) is 0 Å². The number of nitriles is 1. The standard InChI is InChI=1S/C14H16N2/c1-14(2,3)11-5-6-13-12(7-11)10(8-15)9-16(13)4/h5-7,9H,1-4H3. The first-order chi connectivity index (χ1) is 7.43. The molecule has 1 aromatic carbocycles. The Hall–Kier alpha value is -1.75. The number of fused-ring (bicyclic) bond motifs is 1. The van der Waals surface area contributed by atoms with E-state index in [0.717, 1.165) is 16.5 Å². The average Bonchev–Trinajstić information content (AvgIpc) is 2.54. The Kier molecular flexibility index (Phi) is 2.27. The number of aromatic nitrogens is 1.